The van der Waals surface area contributed by atoms with E-state index in [4.69, 9.17) is 22.4 Å². The Bertz CT molecular complexity index is 1500. The van der Waals surface area contributed by atoms with Crippen molar-refractivity contribution in [1.29, 1.82) is 0 Å². The third-order valence-corrected chi connectivity index (χ3v) is 6.02. The number of halogens is 1. The molecule has 0 spiro atoms. The maximum absolute atomic E-state index is 13.0. The van der Waals surface area contributed by atoms with Crippen molar-refractivity contribution >= 4 is 23.2 Å². The first-order valence-corrected chi connectivity index (χ1v) is 11.2. The predicted molar refractivity (Wildman–Crippen MR) is 136 cm³/mol. The van der Waals surface area contributed by atoms with Gasteiger partial charge in [-0.05, 0) is 31.3 Å². The summed E-state index contributed by atoms with van der Waals surface area (Å²) in [5.41, 5.74) is 7.88. The summed E-state index contributed by atoms with van der Waals surface area (Å²) in [5, 5.41) is 5.40. The summed E-state index contributed by atoms with van der Waals surface area (Å²) < 4.78 is 3.76. The first-order valence-electron chi connectivity index (χ1n) is 10.8. The van der Waals surface area contributed by atoms with Crippen LogP contribution in [0.1, 0.15) is 15.9 Å². The standard InChI is InChI=1S/C25H25ClN6O3/c1-29(15-20(33)21-23(27)30(2)25(35)31(3)24(21)34)13-17-14-32(19-7-5-4-6-8-19)28-22(17)16-9-11-18(26)12-10-16/h4-12,14H,13,15,27H2,1-3H3. The third kappa shape index (κ3) is 4.82. The Balaban J connectivity index is 1.65. The van der Waals surface area contributed by atoms with E-state index >= 15 is 0 Å². The molecule has 4 aromatic rings. The molecule has 35 heavy (non-hydrogen) atoms. The molecule has 0 amide bonds. The minimum absolute atomic E-state index is 0.0752. The summed E-state index contributed by atoms with van der Waals surface area (Å²) in [6.45, 7) is 0.302. The van der Waals surface area contributed by atoms with Gasteiger partial charge in [-0.2, -0.15) is 5.10 Å². The van der Waals surface area contributed by atoms with Gasteiger partial charge in [-0.1, -0.05) is 41.9 Å². The monoisotopic (exact) mass is 492 g/mol. The molecule has 2 N–H and O–H groups in total. The lowest BCUT2D eigenvalue weighted by Crippen LogP contribution is -2.43. The highest BCUT2D eigenvalue weighted by molar-refractivity contribution is 6.30. The van der Waals surface area contributed by atoms with E-state index in [-0.39, 0.29) is 17.9 Å². The number of para-hydroxylation sites is 1. The smallest absolute Gasteiger partial charge is 0.332 e. The van der Waals surface area contributed by atoms with Crippen LogP contribution >= 0.6 is 11.6 Å². The van der Waals surface area contributed by atoms with E-state index in [1.165, 1.54) is 14.1 Å². The van der Waals surface area contributed by atoms with Crippen LogP contribution in [0.3, 0.4) is 0 Å². The van der Waals surface area contributed by atoms with Gasteiger partial charge < -0.3 is 5.73 Å². The molecule has 0 atom stereocenters. The number of Topliss-reactive ketones (excluding diaryl/α,β-unsaturated/α-hetero) is 1. The molecule has 0 saturated heterocycles. The zero-order valence-corrected chi connectivity index (χ0v) is 20.4. The van der Waals surface area contributed by atoms with E-state index < -0.39 is 17.0 Å². The lowest BCUT2D eigenvalue weighted by Gasteiger charge is -2.17. The molecule has 0 bridgehead atoms. The van der Waals surface area contributed by atoms with Crippen LogP contribution in [-0.2, 0) is 20.6 Å². The van der Waals surface area contributed by atoms with Crippen LogP contribution < -0.4 is 17.0 Å². The Morgan fingerprint density at radius 2 is 1.69 bits per heavy atom. The van der Waals surface area contributed by atoms with Gasteiger partial charge in [0.25, 0.3) is 5.56 Å². The molecule has 10 heteroatoms. The van der Waals surface area contributed by atoms with Gasteiger partial charge in [-0.25, -0.2) is 9.48 Å². The summed E-state index contributed by atoms with van der Waals surface area (Å²) in [4.78, 5) is 39.5. The lowest BCUT2D eigenvalue weighted by molar-refractivity contribution is 0.0941. The summed E-state index contributed by atoms with van der Waals surface area (Å²) in [5.74, 6) is -0.611. The maximum Gasteiger partial charge on any atom is 0.332 e. The van der Waals surface area contributed by atoms with Gasteiger partial charge in [0, 0.05) is 43.0 Å². The van der Waals surface area contributed by atoms with Crippen molar-refractivity contribution in [1.82, 2.24) is 23.8 Å². The first-order chi connectivity index (χ1) is 16.7. The molecule has 0 unspecified atom stereocenters. The van der Waals surface area contributed by atoms with Crippen molar-refractivity contribution in [3.63, 3.8) is 0 Å². The molecule has 180 valence electrons. The molecule has 2 heterocycles. The highest BCUT2D eigenvalue weighted by Gasteiger charge is 2.22. The van der Waals surface area contributed by atoms with Gasteiger partial charge in [0.05, 0.1) is 17.9 Å². The topological polar surface area (TPSA) is 108 Å². The fourth-order valence-electron chi connectivity index (χ4n) is 3.88. The van der Waals surface area contributed by atoms with Crippen LogP contribution in [0.4, 0.5) is 5.82 Å². The van der Waals surface area contributed by atoms with E-state index in [2.05, 4.69) is 0 Å². The van der Waals surface area contributed by atoms with Crippen molar-refractivity contribution in [3.05, 3.63) is 97.8 Å². The lowest BCUT2D eigenvalue weighted by atomic mass is 10.1. The molecule has 2 aromatic heterocycles. The number of hydrogen-bond acceptors (Lipinski definition) is 6. The maximum atomic E-state index is 13.0. The molecular weight excluding hydrogens is 468 g/mol. The summed E-state index contributed by atoms with van der Waals surface area (Å²) in [7, 11) is 4.51. The van der Waals surface area contributed by atoms with Gasteiger partial charge >= 0.3 is 5.69 Å². The Labute approximate surface area is 206 Å². The van der Waals surface area contributed by atoms with E-state index in [9.17, 15) is 14.4 Å². The van der Waals surface area contributed by atoms with Gasteiger partial charge in [0.1, 0.15) is 11.4 Å². The quantitative estimate of drug-likeness (QED) is 0.397. The number of nitrogens with two attached hydrogens (primary N) is 1. The largest absolute Gasteiger partial charge is 0.384 e. The second kappa shape index (κ2) is 9.73. The second-order valence-corrected chi connectivity index (χ2v) is 8.79. The first kappa shape index (κ1) is 24.2. The molecule has 0 aliphatic heterocycles. The highest BCUT2D eigenvalue weighted by atomic mass is 35.5. The molecule has 9 nitrogen and oxygen atoms in total. The number of anilines is 1. The Morgan fingerprint density at radius 1 is 1.03 bits per heavy atom. The van der Waals surface area contributed by atoms with Gasteiger partial charge in [0.15, 0.2) is 5.78 Å². The number of aromatic nitrogens is 4. The number of benzene rings is 2. The molecule has 0 radical (unpaired) electrons. The number of carbonyl (C=O) groups is 1. The average molecular weight is 493 g/mol. The minimum atomic E-state index is -0.706. The van der Waals surface area contributed by atoms with Crippen LogP contribution in [0.25, 0.3) is 16.9 Å². The Hall–Kier alpha value is -3.95. The van der Waals surface area contributed by atoms with Crippen molar-refractivity contribution in [3.8, 4) is 16.9 Å². The van der Waals surface area contributed by atoms with Crippen LogP contribution in [0.2, 0.25) is 5.02 Å². The van der Waals surface area contributed by atoms with Crippen molar-refractivity contribution in [2.75, 3.05) is 19.3 Å². The average Bonchev–Trinajstić information content (AvgIpc) is 3.26. The predicted octanol–water partition coefficient (Wildman–Crippen LogP) is 2.49. The Kier molecular flexibility index (Phi) is 6.72. The molecular formula is C25H25ClN6O3. The SMILES string of the molecule is CN(CC(=O)c1c(N)n(C)c(=O)n(C)c1=O)Cc1cn(-c2ccccc2)nc1-c1ccc(Cl)cc1. The van der Waals surface area contributed by atoms with Crippen LogP contribution in [0, 0.1) is 0 Å². The van der Waals surface area contributed by atoms with Crippen molar-refractivity contribution in [2.45, 2.75) is 6.54 Å². The molecule has 0 aliphatic rings. The summed E-state index contributed by atoms with van der Waals surface area (Å²) >= 11 is 6.07. The van der Waals surface area contributed by atoms with E-state index in [1.807, 2.05) is 48.7 Å². The van der Waals surface area contributed by atoms with Crippen LogP contribution in [0.5, 0.6) is 0 Å². The van der Waals surface area contributed by atoms with E-state index in [0.29, 0.717) is 11.6 Å². The van der Waals surface area contributed by atoms with E-state index in [1.54, 1.807) is 28.8 Å². The number of rotatable bonds is 7. The van der Waals surface area contributed by atoms with E-state index in [0.717, 1.165) is 31.6 Å². The minimum Gasteiger partial charge on any atom is -0.384 e. The molecule has 4 rings (SSSR count). The fraction of sp³-hybridized carbons (Fsp3) is 0.200. The number of likely N-dealkylation sites (N-methyl/N-ethyl adjacent to an activating group) is 1. The van der Waals surface area contributed by atoms with Crippen molar-refractivity contribution < 1.29 is 4.79 Å². The highest BCUT2D eigenvalue weighted by Crippen LogP contribution is 2.26. The fourth-order valence-corrected chi connectivity index (χ4v) is 4.01. The normalized spacial score (nSPS) is 11.2. The number of ketones is 1. The van der Waals surface area contributed by atoms with Crippen LogP contribution in [-0.4, -0.2) is 43.2 Å². The van der Waals surface area contributed by atoms with Gasteiger partial charge in [0.2, 0.25) is 0 Å². The number of carbonyl (C=O) groups excluding carboxylic acids is 1. The summed E-state index contributed by atoms with van der Waals surface area (Å²) in [6.07, 6.45) is 1.92. The second-order valence-electron chi connectivity index (χ2n) is 8.35. The van der Waals surface area contributed by atoms with Crippen LogP contribution in [0.15, 0.2) is 70.4 Å². The zero-order valence-electron chi connectivity index (χ0n) is 19.6. The number of hydrogen-bond donors (Lipinski definition) is 1. The third-order valence-electron chi connectivity index (χ3n) is 5.77. The Morgan fingerprint density at radius 3 is 2.34 bits per heavy atom. The number of nitrogen functional groups attached to an aromatic ring is 1. The van der Waals surface area contributed by atoms with Crippen molar-refractivity contribution in [2.24, 2.45) is 14.1 Å². The number of nitrogens with zero attached hydrogens (tertiary/aromatic N) is 5. The molecule has 2 aromatic carbocycles. The molecule has 0 fully saturated rings. The van der Waals surface area contributed by atoms with Gasteiger partial charge in [-0.15, -0.1) is 0 Å². The zero-order chi connectivity index (χ0) is 25.3. The summed E-state index contributed by atoms with van der Waals surface area (Å²) in [6, 6.07) is 17.1. The molecule has 0 saturated carbocycles. The van der Waals surface area contributed by atoms with Gasteiger partial charge in [-0.3, -0.25) is 23.6 Å². The molecule has 0 aliphatic carbocycles.